The van der Waals surface area contributed by atoms with Crippen LogP contribution in [0.25, 0.3) is 0 Å². The van der Waals surface area contributed by atoms with Gasteiger partial charge in [-0.2, -0.15) is 0 Å². The van der Waals surface area contributed by atoms with Crippen molar-refractivity contribution in [3.05, 3.63) is 48.0 Å². The Morgan fingerprint density at radius 2 is 2.00 bits per heavy atom. The van der Waals surface area contributed by atoms with E-state index in [0.717, 1.165) is 0 Å². The molecule has 1 heterocycles. The summed E-state index contributed by atoms with van der Waals surface area (Å²) < 4.78 is 18.0. The van der Waals surface area contributed by atoms with Gasteiger partial charge in [0.05, 0.1) is 6.61 Å². The Hall–Kier alpha value is -2.01. The summed E-state index contributed by atoms with van der Waals surface area (Å²) in [4.78, 5) is 7.72. The van der Waals surface area contributed by atoms with E-state index in [1.807, 2.05) is 0 Å². The van der Waals surface area contributed by atoms with Gasteiger partial charge in [-0.3, -0.25) is 0 Å². The second-order valence-electron chi connectivity index (χ2n) is 3.09. The number of aliphatic hydroxyl groups is 1. The zero-order valence-electron chi connectivity index (χ0n) is 8.30. The highest BCUT2D eigenvalue weighted by Gasteiger charge is 2.01. The lowest BCUT2D eigenvalue weighted by Gasteiger charge is -2.03. The van der Waals surface area contributed by atoms with Crippen molar-refractivity contribution in [3.8, 4) is 11.8 Å². The SMILES string of the molecule is OCc1cnc(Oc2cccc(F)c2)nc1. The van der Waals surface area contributed by atoms with Gasteiger partial charge < -0.3 is 9.84 Å². The summed E-state index contributed by atoms with van der Waals surface area (Å²) in [5.41, 5.74) is 0.589. The van der Waals surface area contributed by atoms with Gasteiger partial charge in [-0.05, 0) is 12.1 Å². The molecule has 0 spiro atoms. The molecule has 0 amide bonds. The monoisotopic (exact) mass is 220 g/mol. The molecule has 16 heavy (non-hydrogen) atoms. The highest BCUT2D eigenvalue weighted by Crippen LogP contribution is 2.17. The fourth-order valence-corrected chi connectivity index (χ4v) is 1.11. The first-order valence-corrected chi connectivity index (χ1v) is 4.63. The van der Waals surface area contributed by atoms with Crippen molar-refractivity contribution in [2.45, 2.75) is 6.61 Å². The van der Waals surface area contributed by atoms with Crippen molar-refractivity contribution in [1.29, 1.82) is 0 Å². The van der Waals surface area contributed by atoms with Crippen LogP contribution in [-0.4, -0.2) is 15.1 Å². The Labute approximate surface area is 91.4 Å². The van der Waals surface area contributed by atoms with Gasteiger partial charge in [0.2, 0.25) is 0 Å². The van der Waals surface area contributed by atoms with Crippen molar-refractivity contribution in [3.63, 3.8) is 0 Å². The van der Waals surface area contributed by atoms with E-state index in [0.29, 0.717) is 11.3 Å². The topological polar surface area (TPSA) is 55.2 Å². The molecule has 1 N–H and O–H groups in total. The number of hydrogen-bond acceptors (Lipinski definition) is 4. The molecule has 0 unspecified atom stereocenters. The van der Waals surface area contributed by atoms with Crippen LogP contribution in [0.3, 0.4) is 0 Å². The van der Waals surface area contributed by atoms with Crippen LogP contribution < -0.4 is 4.74 Å². The van der Waals surface area contributed by atoms with E-state index in [1.54, 1.807) is 6.07 Å². The second kappa shape index (κ2) is 4.67. The molecule has 0 bridgehead atoms. The van der Waals surface area contributed by atoms with Gasteiger partial charge >= 0.3 is 6.01 Å². The van der Waals surface area contributed by atoms with Crippen molar-refractivity contribution in [2.24, 2.45) is 0 Å². The summed E-state index contributed by atoms with van der Waals surface area (Å²) in [6, 6.07) is 5.81. The van der Waals surface area contributed by atoms with Gasteiger partial charge in [0.15, 0.2) is 0 Å². The Morgan fingerprint density at radius 3 is 2.62 bits per heavy atom. The average Bonchev–Trinajstić information content (AvgIpc) is 2.30. The van der Waals surface area contributed by atoms with Crippen LogP contribution >= 0.6 is 0 Å². The predicted molar refractivity (Wildman–Crippen MR) is 54.4 cm³/mol. The quantitative estimate of drug-likeness (QED) is 0.858. The standard InChI is InChI=1S/C11H9FN2O2/c12-9-2-1-3-10(4-9)16-11-13-5-8(7-15)6-14-11/h1-6,15H,7H2. The minimum absolute atomic E-state index is 0.114. The van der Waals surface area contributed by atoms with Crippen LogP contribution in [0.1, 0.15) is 5.56 Å². The third kappa shape index (κ3) is 2.52. The fraction of sp³-hybridized carbons (Fsp3) is 0.0909. The van der Waals surface area contributed by atoms with E-state index in [2.05, 4.69) is 9.97 Å². The Bertz CT molecular complexity index is 474. The number of ether oxygens (including phenoxy) is 1. The minimum atomic E-state index is -0.385. The summed E-state index contributed by atoms with van der Waals surface area (Å²) in [7, 11) is 0. The molecule has 2 rings (SSSR count). The summed E-state index contributed by atoms with van der Waals surface area (Å²) in [5, 5.41) is 8.78. The normalized spacial score (nSPS) is 10.1. The van der Waals surface area contributed by atoms with Crippen LogP contribution in [0.2, 0.25) is 0 Å². The van der Waals surface area contributed by atoms with Gasteiger partial charge in [0, 0.05) is 24.0 Å². The first-order valence-electron chi connectivity index (χ1n) is 4.63. The van der Waals surface area contributed by atoms with E-state index >= 15 is 0 Å². The molecule has 0 atom stereocenters. The summed E-state index contributed by atoms with van der Waals surface area (Å²) in [6.45, 7) is -0.125. The largest absolute Gasteiger partial charge is 0.424 e. The third-order valence-electron chi connectivity index (χ3n) is 1.87. The maximum atomic E-state index is 12.8. The number of benzene rings is 1. The Kier molecular flexibility index (Phi) is 3.07. The number of aliphatic hydroxyl groups excluding tert-OH is 1. The molecule has 82 valence electrons. The number of aromatic nitrogens is 2. The second-order valence-corrected chi connectivity index (χ2v) is 3.09. The molecule has 0 aliphatic heterocycles. The maximum Gasteiger partial charge on any atom is 0.321 e. The summed E-state index contributed by atoms with van der Waals surface area (Å²) >= 11 is 0. The van der Waals surface area contributed by atoms with E-state index in [4.69, 9.17) is 9.84 Å². The van der Waals surface area contributed by atoms with Crippen molar-refractivity contribution >= 4 is 0 Å². The lowest BCUT2D eigenvalue weighted by molar-refractivity contribution is 0.280. The van der Waals surface area contributed by atoms with E-state index < -0.39 is 0 Å². The number of rotatable bonds is 3. The lowest BCUT2D eigenvalue weighted by Crippen LogP contribution is -1.94. The zero-order valence-corrected chi connectivity index (χ0v) is 8.30. The lowest BCUT2D eigenvalue weighted by atomic mass is 10.3. The van der Waals surface area contributed by atoms with Gasteiger partial charge in [-0.1, -0.05) is 6.07 Å². The van der Waals surface area contributed by atoms with Crippen molar-refractivity contribution in [1.82, 2.24) is 9.97 Å². The van der Waals surface area contributed by atoms with Crippen LogP contribution in [0.5, 0.6) is 11.8 Å². The molecule has 0 radical (unpaired) electrons. The Morgan fingerprint density at radius 1 is 1.25 bits per heavy atom. The molecular formula is C11H9FN2O2. The Balaban J connectivity index is 2.14. The van der Waals surface area contributed by atoms with Crippen LogP contribution in [0, 0.1) is 5.82 Å². The smallest absolute Gasteiger partial charge is 0.321 e. The first kappa shape index (κ1) is 10.5. The minimum Gasteiger partial charge on any atom is -0.424 e. The molecule has 4 nitrogen and oxygen atoms in total. The molecule has 5 heteroatoms. The molecule has 0 aliphatic rings. The van der Waals surface area contributed by atoms with E-state index in [1.165, 1.54) is 30.6 Å². The fourth-order valence-electron chi connectivity index (χ4n) is 1.11. The van der Waals surface area contributed by atoms with Crippen LogP contribution in [-0.2, 0) is 6.61 Å². The molecule has 0 fully saturated rings. The first-order chi connectivity index (χ1) is 7.78. The molecule has 2 aromatic rings. The van der Waals surface area contributed by atoms with Crippen LogP contribution in [0.15, 0.2) is 36.7 Å². The predicted octanol–water partition coefficient (Wildman–Crippen LogP) is 1.90. The number of hydrogen-bond donors (Lipinski definition) is 1. The highest BCUT2D eigenvalue weighted by molar-refractivity contribution is 5.25. The van der Waals surface area contributed by atoms with Gasteiger partial charge in [0.1, 0.15) is 11.6 Å². The number of halogens is 1. The van der Waals surface area contributed by atoms with Gasteiger partial charge in [-0.25, -0.2) is 14.4 Å². The molecule has 1 aromatic carbocycles. The summed E-state index contributed by atoms with van der Waals surface area (Å²) in [5.74, 6) is -0.0544. The average molecular weight is 220 g/mol. The van der Waals surface area contributed by atoms with Crippen molar-refractivity contribution < 1.29 is 14.2 Å². The van der Waals surface area contributed by atoms with Gasteiger partial charge in [-0.15, -0.1) is 0 Å². The van der Waals surface area contributed by atoms with Crippen molar-refractivity contribution in [2.75, 3.05) is 0 Å². The van der Waals surface area contributed by atoms with E-state index in [9.17, 15) is 4.39 Å². The molecule has 0 saturated carbocycles. The van der Waals surface area contributed by atoms with E-state index in [-0.39, 0.29) is 18.4 Å². The molecule has 0 saturated heterocycles. The van der Waals surface area contributed by atoms with Crippen LogP contribution in [0.4, 0.5) is 4.39 Å². The molecular weight excluding hydrogens is 211 g/mol. The molecule has 1 aromatic heterocycles. The number of nitrogens with zero attached hydrogens (tertiary/aromatic N) is 2. The highest BCUT2D eigenvalue weighted by atomic mass is 19.1. The maximum absolute atomic E-state index is 12.8. The van der Waals surface area contributed by atoms with Gasteiger partial charge in [0.25, 0.3) is 0 Å². The third-order valence-corrected chi connectivity index (χ3v) is 1.87. The summed E-state index contributed by atoms with van der Waals surface area (Å²) in [6.07, 6.45) is 2.89. The zero-order chi connectivity index (χ0) is 11.4. The molecule has 0 aliphatic carbocycles.